The maximum absolute atomic E-state index is 11.8. The Balaban J connectivity index is 1.76. The lowest BCUT2D eigenvalue weighted by atomic mass is 10.2. The number of hydrogen-bond donors (Lipinski definition) is 1. The van der Waals surface area contributed by atoms with E-state index in [1.165, 1.54) is 0 Å². The van der Waals surface area contributed by atoms with Gasteiger partial charge in [0.15, 0.2) is 10.3 Å². The van der Waals surface area contributed by atoms with Gasteiger partial charge in [-0.25, -0.2) is 9.79 Å². The van der Waals surface area contributed by atoms with Gasteiger partial charge in [-0.1, -0.05) is 30.3 Å². The number of ether oxygens (including phenoxy) is 1. The molecule has 5 nitrogen and oxygen atoms in total. The van der Waals surface area contributed by atoms with Gasteiger partial charge in [-0.2, -0.15) is 0 Å². The lowest BCUT2D eigenvalue weighted by Gasteiger charge is -2.26. The molecular formula is C21H22ClN3O2S2. The normalized spacial score (nSPS) is 17.4. The number of esters is 1. The van der Waals surface area contributed by atoms with Gasteiger partial charge >= 0.3 is 5.97 Å². The fraction of sp³-hybridized carbons (Fsp3) is 0.286. The fourth-order valence-corrected chi connectivity index (χ4v) is 4.64. The van der Waals surface area contributed by atoms with Gasteiger partial charge in [0.2, 0.25) is 0 Å². The summed E-state index contributed by atoms with van der Waals surface area (Å²) in [6, 6.07) is 14.8. The second-order valence-electron chi connectivity index (χ2n) is 6.34. The Bertz CT molecular complexity index is 901. The summed E-state index contributed by atoms with van der Waals surface area (Å²) in [5.41, 5.74) is 2.15. The zero-order chi connectivity index (χ0) is 20.8. The molecule has 1 fully saturated rings. The smallest absolute Gasteiger partial charge is 0.338 e. The van der Waals surface area contributed by atoms with E-state index in [1.54, 1.807) is 30.8 Å². The van der Waals surface area contributed by atoms with Crippen molar-refractivity contribution in [1.29, 1.82) is 0 Å². The van der Waals surface area contributed by atoms with Crippen molar-refractivity contribution in [3.8, 4) is 0 Å². The van der Waals surface area contributed by atoms with Crippen LogP contribution in [-0.4, -0.2) is 39.6 Å². The highest BCUT2D eigenvalue weighted by Crippen LogP contribution is 2.30. The van der Waals surface area contributed by atoms with Crippen LogP contribution in [0.15, 0.2) is 53.5 Å². The largest absolute Gasteiger partial charge is 0.462 e. The quantitative estimate of drug-likeness (QED) is 0.466. The number of anilines is 1. The SMILES string of the molecule is CCOC(=O)c1ccc(NC(=S)N2C(=Nc3ccc(Cl)cc3)SC[C@H]2CC)cc1. The lowest BCUT2D eigenvalue weighted by molar-refractivity contribution is 0.0526. The maximum atomic E-state index is 11.8. The molecule has 1 aliphatic heterocycles. The number of nitrogens with one attached hydrogen (secondary N) is 1. The molecule has 2 aromatic rings. The van der Waals surface area contributed by atoms with Gasteiger partial charge < -0.3 is 10.1 Å². The molecule has 152 valence electrons. The van der Waals surface area contributed by atoms with E-state index >= 15 is 0 Å². The highest BCUT2D eigenvalue weighted by Gasteiger charge is 2.32. The predicted molar refractivity (Wildman–Crippen MR) is 126 cm³/mol. The van der Waals surface area contributed by atoms with Crippen LogP contribution < -0.4 is 5.32 Å². The molecule has 2 aromatic carbocycles. The Morgan fingerprint density at radius 2 is 1.93 bits per heavy atom. The number of thioether (sulfide) groups is 1. The number of benzene rings is 2. The standard InChI is InChI=1S/C21H22ClN3O2S2/c1-3-18-13-29-21(24-17-11-7-15(22)8-12-17)25(18)20(28)23-16-9-5-14(6-10-16)19(26)27-4-2/h5-12,18H,3-4,13H2,1-2H3,(H,23,28)/t18-/m1/s1. The molecule has 1 atom stereocenters. The van der Waals surface area contributed by atoms with Gasteiger partial charge in [0.25, 0.3) is 0 Å². The van der Waals surface area contributed by atoms with Crippen molar-refractivity contribution >= 4 is 63.2 Å². The summed E-state index contributed by atoms with van der Waals surface area (Å²) < 4.78 is 5.02. The molecule has 0 unspecified atom stereocenters. The van der Waals surface area contributed by atoms with Crippen molar-refractivity contribution in [1.82, 2.24) is 4.90 Å². The van der Waals surface area contributed by atoms with Crippen LogP contribution in [0.3, 0.4) is 0 Å². The summed E-state index contributed by atoms with van der Waals surface area (Å²) in [5, 5.41) is 5.38. The van der Waals surface area contributed by atoms with Crippen molar-refractivity contribution in [2.75, 3.05) is 17.7 Å². The van der Waals surface area contributed by atoms with Gasteiger partial charge in [-0.05, 0) is 74.1 Å². The Morgan fingerprint density at radius 1 is 1.24 bits per heavy atom. The number of carbonyl (C=O) groups is 1. The zero-order valence-corrected chi connectivity index (χ0v) is 18.6. The number of amidine groups is 1. The number of nitrogens with zero attached hydrogens (tertiary/aromatic N) is 2. The van der Waals surface area contributed by atoms with Crippen molar-refractivity contribution in [3.63, 3.8) is 0 Å². The Labute approximate surface area is 185 Å². The maximum Gasteiger partial charge on any atom is 0.338 e. The minimum Gasteiger partial charge on any atom is -0.462 e. The van der Waals surface area contributed by atoms with Crippen LogP contribution in [0.4, 0.5) is 11.4 Å². The predicted octanol–water partition coefficient (Wildman–Crippen LogP) is 5.73. The van der Waals surface area contributed by atoms with E-state index in [0.29, 0.717) is 22.3 Å². The minimum absolute atomic E-state index is 0.268. The molecule has 0 aliphatic carbocycles. The summed E-state index contributed by atoms with van der Waals surface area (Å²) >= 11 is 13.3. The van der Waals surface area contributed by atoms with Crippen LogP contribution in [0.1, 0.15) is 30.6 Å². The third-order valence-corrected chi connectivity index (χ3v) is 6.01. The third kappa shape index (κ3) is 5.50. The number of aliphatic imine (C=N–C) groups is 1. The summed E-state index contributed by atoms with van der Waals surface area (Å²) in [6.07, 6.45) is 0.955. The van der Waals surface area contributed by atoms with Crippen LogP contribution in [-0.2, 0) is 4.74 Å². The Kier molecular flexibility index (Phi) is 7.52. The highest BCUT2D eigenvalue weighted by molar-refractivity contribution is 8.14. The van der Waals surface area contributed by atoms with Gasteiger partial charge in [-0.15, -0.1) is 0 Å². The first kappa shape index (κ1) is 21.6. The molecule has 1 heterocycles. The molecule has 0 amide bonds. The average Bonchev–Trinajstić information content (AvgIpc) is 3.13. The molecule has 0 radical (unpaired) electrons. The van der Waals surface area contributed by atoms with Crippen molar-refractivity contribution < 1.29 is 9.53 Å². The third-order valence-electron chi connectivity index (χ3n) is 4.36. The van der Waals surface area contributed by atoms with E-state index in [2.05, 4.69) is 17.1 Å². The second kappa shape index (κ2) is 10.1. The molecule has 0 saturated carbocycles. The lowest BCUT2D eigenvalue weighted by Crippen LogP contribution is -2.41. The molecule has 3 rings (SSSR count). The summed E-state index contributed by atoms with van der Waals surface area (Å²) in [5.74, 6) is 0.591. The zero-order valence-electron chi connectivity index (χ0n) is 16.2. The molecule has 0 aromatic heterocycles. The van der Waals surface area contributed by atoms with Crippen LogP contribution >= 0.6 is 35.6 Å². The molecular weight excluding hydrogens is 426 g/mol. The van der Waals surface area contributed by atoms with Crippen LogP contribution in [0.2, 0.25) is 5.02 Å². The first-order valence-corrected chi connectivity index (χ1v) is 11.1. The van der Waals surface area contributed by atoms with E-state index in [9.17, 15) is 4.79 Å². The molecule has 0 spiro atoms. The van der Waals surface area contributed by atoms with Crippen LogP contribution in [0, 0.1) is 0 Å². The Morgan fingerprint density at radius 3 is 2.55 bits per heavy atom. The first-order chi connectivity index (χ1) is 14.0. The van der Waals surface area contributed by atoms with Crippen LogP contribution in [0.5, 0.6) is 0 Å². The number of rotatable bonds is 5. The summed E-state index contributed by atoms with van der Waals surface area (Å²) in [4.78, 5) is 18.6. The topological polar surface area (TPSA) is 53.9 Å². The van der Waals surface area contributed by atoms with E-state index in [4.69, 9.17) is 33.5 Å². The van der Waals surface area contributed by atoms with Crippen molar-refractivity contribution in [3.05, 3.63) is 59.1 Å². The van der Waals surface area contributed by atoms with E-state index in [0.717, 1.165) is 28.7 Å². The first-order valence-electron chi connectivity index (χ1n) is 9.36. The number of hydrogen-bond acceptors (Lipinski definition) is 5. The summed E-state index contributed by atoms with van der Waals surface area (Å²) in [7, 11) is 0. The Hall–Kier alpha value is -2.09. The number of carbonyl (C=O) groups excluding carboxylic acids is 1. The molecule has 29 heavy (non-hydrogen) atoms. The van der Waals surface area contributed by atoms with E-state index in [-0.39, 0.29) is 12.0 Å². The van der Waals surface area contributed by atoms with Crippen molar-refractivity contribution in [2.24, 2.45) is 4.99 Å². The molecule has 1 saturated heterocycles. The molecule has 1 N–H and O–H groups in total. The van der Waals surface area contributed by atoms with Gasteiger partial charge in [0.1, 0.15) is 0 Å². The van der Waals surface area contributed by atoms with Gasteiger partial charge in [0.05, 0.1) is 17.9 Å². The van der Waals surface area contributed by atoms with E-state index < -0.39 is 0 Å². The molecule has 1 aliphatic rings. The number of halogens is 1. The second-order valence-corrected chi connectivity index (χ2v) is 8.15. The van der Waals surface area contributed by atoms with Crippen molar-refractivity contribution in [2.45, 2.75) is 26.3 Å². The number of thiocarbonyl (C=S) groups is 1. The van der Waals surface area contributed by atoms with Gasteiger partial charge in [0, 0.05) is 22.5 Å². The monoisotopic (exact) mass is 447 g/mol. The summed E-state index contributed by atoms with van der Waals surface area (Å²) in [6.45, 7) is 4.28. The fourth-order valence-electron chi connectivity index (χ4n) is 2.82. The molecule has 8 heteroatoms. The molecule has 0 bridgehead atoms. The van der Waals surface area contributed by atoms with E-state index in [1.807, 2.05) is 36.4 Å². The minimum atomic E-state index is -0.332. The highest BCUT2D eigenvalue weighted by atomic mass is 35.5. The average molecular weight is 448 g/mol. The van der Waals surface area contributed by atoms with Gasteiger partial charge in [-0.3, -0.25) is 4.90 Å². The van der Waals surface area contributed by atoms with Crippen LogP contribution in [0.25, 0.3) is 0 Å².